The molecule has 1 heterocycles. The van der Waals surface area contributed by atoms with Crippen molar-refractivity contribution in [3.8, 4) is 0 Å². The van der Waals surface area contributed by atoms with Gasteiger partial charge in [0.25, 0.3) is 0 Å². The van der Waals surface area contributed by atoms with Gasteiger partial charge in [0.2, 0.25) is 0 Å². The third-order valence-electron chi connectivity index (χ3n) is 3.56. The lowest BCUT2D eigenvalue weighted by molar-refractivity contribution is 0.0502. The van der Waals surface area contributed by atoms with E-state index in [1.807, 2.05) is 13.8 Å². The number of likely N-dealkylation sites (tertiary alicyclic amines) is 1. The first kappa shape index (κ1) is 15.9. The van der Waals surface area contributed by atoms with E-state index in [-0.39, 0.29) is 5.54 Å². The molecule has 1 unspecified atom stereocenters. The lowest BCUT2D eigenvalue weighted by Crippen LogP contribution is -2.45. The first-order valence-electron chi connectivity index (χ1n) is 7.35. The highest BCUT2D eigenvalue weighted by Crippen LogP contribution is 2.18. The Bertz CT molecular complexity index is 216. The predicted molar refractivity (Wildman–Crippen MR) is 77.8 cm³/mol. The Labute approximate surface area is 113 Å². The zero-order valence-corrected chi connectivity index (χ0v) is 12.9. The van der Waals surface area contributed by atoms with Crippen LogP contribution in [0.3, 0.4) is 0 Å². The highest BCUT2D eigenvalue weighted by atomic mass is 16.3. The summed E-state index contributed by atoms with van der Waals surface area (Å²) >= 11 is 0. The molecule has 0 radical (unpaired) electrons. The molecule has 2 N–H and O–H groups in total. The molecule has 0 bridgehead atoms. The summed E-state index contributed by atoms with van der Waals surface area (Å²) in [5.74, 6) is 0.764. The zero-order valence-electron chi connectivity index (χ0n) is 12.9. The SMILES string of the molecule is CC(C)(O)CCN1CCCC(CNC(C)(C)C)C1. The van der Waals surface area contributed by atoms with Crippen LogP contribution >= 0.6 is 0 Å². The first-order chi connectivity index (χ1) is 8.16. The molecule has 1 aliphatic rings. The van der Waals surface area contributed by atoms with Crippen LogP contribution in [0.25, 0.3) is 0 Å². The summed E-state index contributed by atoms with van der Waals surface area (Å²) in [6.07, 6.45) is 3.50. The second-order valence-corrected chi connectivity index (χ2v) is 7.50. The molecular formula is C15H32N2O. The van der Waals surface area contributed by atoms with E-state index in [9.17, 15) is 5.11 Å². The second kappa shape index (κ2) is 6.36. The number of piperidine rings is 1. The average Bonchev–Trinajstić information content (AvgIpc) is 2.22. The van der Waals surface area contributed by atoms with E-state index >= 15 is 0 Å². The summed E-state index contributed by atoms with van der Waals surface area (Å²) < 4.78 is 0. The van der Waals surface area contributed by atoms with Crippen molar-refractivity contribution in [2.75, 3.05) is 26.2 Å². The summed E-state index contributed by atoms with van der Waals surface area (Å²) in [6, 6.07) is 0. The Kier molecular flexibility index (Phi) is 5.63. The van der Waals surface area contributed by atoms with Crippen LogP contribution in [0.15, 0.2) is 0 Å². The predicted octanol–water partition coefficient (Wildman–Crippen LogP) is 2.25. The Morgan fingerprint density at radius 3 is 2.44 bits per heavy atom. The van der Waals surface area contributed by atoms with Crippen molar-refractivity contribution >= 4 is 0 Å². The summed E-state index contributed by atoms with van der Waals surface area (Å²) in [4.78, 5) is 2.51. The largest absolute Gasteiger partial charge is 0.390 e. The summed E-state index contributed by atoms with van der Waals surface area (Å²) in [5.41, 5.74) is -0.314. The van der Waals surface area contributed by atoms with E-state index in [2.05, 4.69) is 31.0 Å². The van der Waals surface area contributed by atoms with Crippen LogP contribution in [-0.4, -0.2) is 47.3 Å². The average molecular weight is 256 g/mol. The van der Waals surface area contributed by atoms with Gasteiger partial charge in [-0.05, 0) is 72.9 Å². The Morgan fingerprint density at radius 2 is 1.89 bits per heavy atom. The molecule has 0 spiro atoms. The lowest BCUT2D eigenvalue weighted by Gasteiger charge is -2.35. The minimum Gasteiger partial charge on any atom is -0.390 e. The molecule has 0 aromatic carbocycles. The molecule has 0 saturated carbocycles. The molecule has 0 aromatic heterocycles. The van der Waals surface area contributed by atoms with E-state index in [0.29, 0.717) is 0 Å². The Morgan fingerprint density at radius 1 is 1.22 bits per heavy atom. The van der Waals surface area contributed by atoms with E-state index in [0.717, 1.165) is 25.4 Å². The van der Waals surface area contributed by atoms with E-state index in [4.69, 9.17) is 0 Å². The van der Waals surface area contributed by atoms with Crippen molar-refractivity contribution in [2.24, 2.45) is 5.92 Å². The monoisotopic (exact) mass is 256 g/mol. The van der Waals surface area contributed by atoms with Gasteiger partial charge in [-0.1, -0.05) is 0 Å². The van der Waals surface area contributed by atoms with Crippen LogP contribution in [0.4, 0.5) is 0 Å². The highest BCUT2D eigenvalue weighted by molar-refractivity contribution is 4.79. The van der Waals surface area contributed by atoms with Gasteiger partial charge in [-0.25, -0.2) is 0 Å². The normalized spacial score (nSPS) is 23.3. The fraction of sp³-hybridized carbons (Fsp3) is 1.00. The standard InChI is InChI=1S/C15H32N2O/c1-14(2,3)16-11-13-7-6-9-17(12-13)10-8-15(4,5)18/h13,16,18H,6-12H2,1-5H3. The minimum atomic E-state index is -0.531. The first-order valence-corrected chi connectivity index (χ1v) is 7.35. The highest BCUT2D eigenvalue weighted by Gasteiger charge is 2.23. The van der Waals surface area contributed by atoms with Gasteiger partial charge in [-0.15, -0.1) is 0 Å². The summed E-state index contributed by atoms with van der Waals surface area (Å²) in [6.45, 7) is 15.0. The molecule has 3 heteroatoms. The number of nitrogens with zero attached hydrogens (tertiary/aromatic N) is 1. The van der Waals surface area contributed by atoms with Crippen molar-refractivity contribution in [1.82, 2.24) is 10.2 Å². The van der Waals surface area contributed by atoms with Gasteiger partial charge in [0.1, 0.15) is 0 Å². The van der Waals surface area contributed by atoms with Crippen molar-refractivity contribution in [3.05, 3.63) is 0 Å². The van der Waals surface area contributed by atoms with Gasteiger partial charge in [0.15, 0.2) is 0 Å². The quantitative estimate of drug-likeness (QED) is 0.792. The molecule has 3 nitrogen and oxygen atoms in total. The van der Waals surface area contributed by atoms with Crippen LogP contribution < -0.4 is 5.32 Å². The van der Waals surface area contributed by atoms with Gasteiger partial charge in [-0.3, -0.25) is 0 Å². The van der Waals surface area contributed by atoms with Gasteiger partial charge in [-0.2, -0.15) is 0 Å². The van der Waals surface area contributed by atoms with Crippen LogP contribution in [-0.2, 0) is 0 Å². The van der Waals surface area contributed by atoms with E-state index < -0.39 is 5.60 Å². The molecule has 18 heavy (non-hydrogen) atoms. The maximum absolute atomic E-state index is 9.79. The van der Waals surface area contributed by atoms with Crippen LogP contribution in [0.1, 0.15) is 53.9 Å². The van der Waals surface area contributed by atoms with Crippen LogP contribution in [0, 0.1) is 5.92 Å². The van der Waals surface area contributed by atoms with E-state index in [1.54, 1.807) is 0 Å². The van der Waals surface area contributed by atoms with Crippen LogP contribution in [0.5, 0.6) is 0 Å². The molecular weight excluding hydrogens is 224 g/mol. The smallest absolute Gasteiger partial charge is 0.0603 e. The minimum absolute atomic E-state index is 0.218. The second-order valence-electron chi connectivity index (χ2n) is 7.50. The third-order valence-corrected chi connectivity index (χ3v) is 3.56. The molecule has 1 saturated heterocycles. The van der Waals surface area contributed by atoms with Crippen molar-refractivity contribution in [2.45, 2.75) is 65.0 Å². The maximum Gasteiger partial charge on any atom is 0.0603 e. The van der Waals surface area contributed by atoms with E-state index in [1.165, 1.54) is 25.9 Å². The van der Waals surface area contributed by atoms with Crippen molar-refractivity contribution in [3.63, 3.8) is 0 Å². The number of hydrogen-bond acceptors (Lipinski definition) is 3. The molecule has 1 rings (SSSR count). The number of aliphatic hydroxyl groups is 1. The molecule has 0 aliphatic carbocycles. The summed E-state index contributed by atoms with van der Waals surface area (Å²) in [7, 11) is 0. The lowest BCUT2D eigenvalue weighted by atomic mass is 9.95. The zero-order chi connectivity index (χ0) is 13.8. The van der Waals surface area contributed by atoms with Crippen molar-refractivity contribution < 1.29 is 5.11 Å². The molecule has 0 aromatic rings. The third kappa shape index (κ3) is 7.34. The van der Waals surface area contributed by atoms with Gasteiger partial charge >= 0.3 is 0 Å². The molecule has 1 aliphatic heterocycles. The number of rotatable bonds is 5. The fourth-order valence-corrected chi connectivity index (χ4v) is 2.40. The Balaban J connectivity index is 2.28. The molecule has 0 amide bonds. The molecule has 1 fully saturated rings. The maximum atomic E-state index is 9.79. The molecule has 108 valence electrons. The summed E-state index contributed by atoms with van der Waals surface area (Å²) in [5, 5.41) is 13.4. The van der Waals surface area contributed by atoms with Crippen molar-refractivity contribution in [1.29, 1.82) is 0 Å². The molecule has 1 atom stereocenters. The van der Waals surface area contributed by atoms with Gasteiger partial charge in [0, 0.05) is 18.6 Å². The number of nitrogens with one attached hydrogen (secondary N) is 1. The van der Waals surface area contributed by atoms with Gasteiger partial charge < -0.3 is 15.3 Å². The topological polar surface area (TPSA) is 35.5 Å². The van der Waals surface area contributed by atoms with Crippen LogP contribution in [0.2, 0.25) is 0 Å². The fourth-order valence-electron chi connectivity index (χ4n) is 2.40. The van der Waals surface area contributed by atoms with Gasteiger partial charge in [0.05, 0.1) is 5.60 Å². The number of hydrogen-bond donors (Lipinski definition) is 2. The Hall–Kier alpha value is -0.120.